The summed E-state index contributed by atoms with van der Waals surface area (Å²) in [6.45, 7) is 3.71. The minimum atomic E-state index is 0.646. The molecular weight excluding hydrogens is 284 g/mol. The fourth-order valence-corrected chi connectivity index (χ4v) is 1.76. The SMILES string of the molecule is CCCNCc1nnnn1-c1cncc(Br)c1. The van der Waals surface area contributed by atoms with Gasteiger partial charge in [0.25, 0.3) is 0 Å². The van der Waals surface area contributed by atoms with Crippen LogP contribution >= 0.6 is 15.9 Å². The highest BCUT2D eigenvalue weighted by molar-refractivity contribution is 9.10. The Morgan fingerprint density at radius 2 is 2.29 bits per heavy atom. The largest absolute Gasteiger partial charge is 0.310 e. The normalized spacial score (nSPS) is 10.7. The van der Waals surface area contributed by atoms with Crippen LogP contribution in [0.1, 0.15) is 19.2 Å². The predicted octanol–water partition coefficient (Wildman–Crippen LogP) is 1.32. The van der Waals surface area contributed by atoms with E-state index >= 15 is 0 Å². The van der Waals surface area contributed by atoms with Gasteiger partial charge in [-0.1, -0.05) is 6.92 Å². The van der Waals surface area contributed by atoms with Crippen LogP contribution in [0.2, 0.25) is 0 Å². The standard InChI is InChI=1S/C10H13BrN6/c1-2-3-12-7-10-14-15-16-17(10)9-4-8(11)5-13-6-9/h4-6,12H,2-3,7H2,1H3. The molecule has 90 valence electrons. The Morgan fingerprint density at radius 3 is 3.06 bits per heavy atom. The zero-order chi connectivity index (χ0) is 12.1. The van der Waals surface area contributed by atoms with Crippen molar-refractivity contribution in [3.05, 3.63) is 28.8 Å². The minimum absolute atomic E-state index is 0.646. The van der Waals surface area contributed by atoms with Crippen molar-refractivity contribution in [1.29, 1.82) is 0 Å². The second kappa shape index (κ2) is 5.83. The van der Waals surface area contributed by atoms with Gasteiger partial charge in [-0.25, -0.2) is 0 Å². The molecule has 0 bridgehead atoms. The zero-order valence-corrected chi connectivity index (χ0v) is 11.1. The zero-order valence-electron chi connectivity index (χ0n) is 9.47. The van der Waals surface area contributed by atoms with Crippen molar-refractivity contribution >= 4 is 15.9 Å². The Morgan fingerprint density at radius 1 is 1.41 bits per heavy atom. The number of rotatable bonds is 5. The Kier molecular flexibility index (Phi) is 4.16. The molecule has 0 saturated heterocycles. The number of pyridine rings is 1. The van der Waals surface area contributed by atoms with E-state index in [0.29, 0.717) is 6.54 Å². The van der Waals surface area contributed by atoms with E-state index in [4.69, 9.17) is 0 Å². The third-order valence-electron chi connectivity index (χ3n) is 2.18. The van der Waals surface area contributed by atoms with E-state index in [1.54, 1.807) is 17.1 Å². The molecule has 0 amide bonds. The maximum atomic E-state index is 4.09. The highest BCUT2D eigenvalue weighted by atomic mass is 79.9. The van der Waals surface area contributed by atoms with Crippen LogP contribution in [-0.2, 0) is 6.54 Å². The van der Waals surface area contributed by atoms with Gasteiger partial charge < -0.3 is 5.32 Å². The van der Waals surface area contributed by atoms with Crippen molar-refractivity contribution in [1.82, 2.24) is 30.5 Å². The summed E-state index contributed by atoms with van der Waals surface area (Å²) in [5.74, 6) is 0.776. The van der Waals surface area contributed by atoms with Gasteiger partial charge >= 0.3 is 0 Å². The van der Waals surface area contributed by atoms with Gasteiger partial charge in [0, 0.05) is 10.7 Å². The maximum absolute atomic E-state index is 4.09. The molecule has 2 rings (SSSR count). The van der Waals surface area contributed by atoms with E-state index in [1.807, 2.05) is 6.07 Å². The molecule has 2 heterocycles. The smallest absolute Gasteiger partial charge is 0.170 e. The molecule has 0 saturated carbocycles. The lowest BCUT2D eigenvalue weighted by molar-refractivity contribution is 0.632. The first kappa shape index (κ1) is 12.1. The molecule has 0 aliphatic rings. The lowest BCUT2D eigenvalue weighted by Crippen LogP contribution is -2.17. The summed E-state index contributed by atoms with van der Waals surface area (Å²) in [5, 5.41) is 14.9. The van der Waals surface area contributed by atoms with Gasteiger partial charge in [0.15, 0.2) is 5.82 Å². The molecule has 0 aromatic carbocycles. The van der Waals surface area contributed by atoms with E-state index in [2.05, 4.69) is 48.7 Å². The number of nitrogens with one attached hydrogen (secondary N) is 1. The minimum Gasteiger partial charge on any atom is -0.310 e. The number of halogens is 1. The molecule has 0 spiro atoms. The van der Waals surface area contributed by atoms with Gasteiger partial charge in [-0.3, -0.25) is 4.98 Å². The average molecular weight is 297 g/mol. The van der Waals surface area contributed by atoms with Crippen molar-refractivity contribution in [3.8, 4) is 5.69 Å². The number of nitrogens with zero attached hydrogens (tertiary/aromatic N) is 5. The molecule has 0 aliphatic carbocycles. The Labute approximate surface area is 108 Å². The Bertz CT molecular complexity index is 483. The van der Waals surface area contributed by atoms with Crippen LogP contribution in [0, 0.1) is 0 Å². The van der Waals surface area contributed by atoms with Crippen LogP contribution in [0.3, 0.4) is 0 Å². The number of tetrazole rings is 1. The highest BCUT2D eigenvalue weighted by Crippen LogP contribution is 2.13. The molecule has 0 radical (unpaired) electrons. The third-order valence-corrected chi connectivity index (χ3v) is 2.61. The van der Waals surface area contributed by atoms with Crippen molar-refractivity contribution in [2.45, 2.75) is 19.9 Å². The maximum Gasteiger partial charge on any atom is 0.170 e. The summed E-state index contributed by atoms with van der Waals surface area (Å²) in [6.07, 6.45) is 4.54. The van der Waals surface area contributed by atoms with Crippen molar-refractivity contribution < 1.29 is 0 Å². The van der Waals surface area contributed by atoms with E-state index in [1.165, 1.54) is 0 Å². The molecule has 0 unspecified atom stereocenters. The van der Waals surface area contributed by atoms with Gasteiger partial charge in [-0.2, -0.15) is 4.68 Å². The second-order valence-electron chi connectivity index (χ2n) is 3.55. The first-order valence-electron chi connectivity index (χ1n) is 5.40. The summed E-state index contributed by atoms with van der Waals surface area (Å²) >= 11 is 3.38. The highest BCUT2D eigenvalue weighted by Gasteiger charge is 2.07. The summed E-state index contributed by atoms with van der Waals surface area (Å²) in [7, 11) is 0. The molecule has 17 heavy (non-hydrogen) atoms. The molecule has 7 heteroatoms. The van der Waals surface area contributed by atoms with E-state index in [0.717, 1.165) is 29.0 Å². The molecule has 2 aromatic heterocycles. The molecular formula is C10H13BrN6. The summed E-state index contributed by atoms with van der Waals surface area (Å²) < 4.78 is 2.58. The Hall–Kier alpha value is -1.34. The first-order chi connectivity index (χ1) is 8.31. The molecule has 0 fully saturated rings. The van der Waals surface area contributed by atoms with Crippen LogP contribution in [0.25, 0.3) is 5.69 Å². The molecule has 0 aliphatic heterocycles. The number of aromatic nitrogens is 5. The van der Waals surface area contributed by atoms with Crippen LogP contribution in [0.15, 0.2) is 22.9 Å². The molecule has 2 aromatic rings. The van der Waals surface area contributed by atoms with E-state index in [-0.39, 0.29) is 0 Å². The fraction of sp³-hybridized carbons (Fsp3) is 0.400. The Balaban J connectivity index is 2.18. The van der Waals surface area contributed by atoms with Crippen LogP contribution in [0.4, 0.5) is 0 Å². The number of hydrogen-bond acceptors (Lipinski definition) is 5. The third kappa shape index (κ3) is 3.07. The first-order valence-corrected chi connectivity index (χ1v) is 6.19. The topological polar surface area (TPSA) is 68.5 Å². The average Bonchev–Trinajstić information content (AvgIpc) is 2.78. The van der Waals surface area contributed by atoms with Crippen LogP contribution < -0.4 is 5.32 Å². The van der Waals surface area contributed by atoms with Gasteiger partial charge in [0.1, 0.15) is 0 Å². The van der Waals surface area contributed by atoms with Crippen LogP contribution in [-0.4, -0.2) is 31.7 Å². The lowest BCUT2D eigenvalue weighted by Gasteiger charge is -2.05. The van der Waals surface area contributed by atoms with Crippen molar-refractivity contribution in [2.75, 3.05) is 6.54 Å². The number of hydrogen-bond donors (Lipinski definition) is 1. The summed E-state index contributed by atoms with van der Waals surface area (Å²) in [4.78, 5) is 4.09. The van der Waals surface area contributed by atoms with Gasteiger partial charge in [0.2, 0.25) is 0 Å². The van der Waals surface area contributed by atoms with Gasteiger partial charge in [0.05, 0.1) is 18.4 Å². The van der Waals surface area contributed by atoms with Gasteiger partial charge in [-0.05, 0) is 45.4 Å². The predicted molar refractivity (Wildman–Crippen MR) is 66.6 cm³/mol. The van der Waals surface area contributed by atoms with Crippen molar-refractivity contribution in [3.63, 3.8) is 0 Å². The lowest BCUT2D eigenvalue weighted by atomic mass is 10.4. The van der Waals surface area contributed by atoms with Crippen molar-refractivity contribution in [2.24, 2.45) is 0 Å². The quantitative estimate of drug-likeness (QED) is 0.843. The fourth-order valence-electron chi connectivity index (χ4n) is 1.41. The molecule has 0 atom stereocenters. The van der Waals surface area contributed by atoms with E-state index < -0.39 is 0 Å². The van der Waals surface area contributed by atoms with Gasteiger partial charge in [-0.15, -0.1) is 5.10 Å². The molecule has 6 nitrogen and oxygen atoms in total. The van der Waals surface area contributed by atoms with Crippen LogP contribution in [0.5, 0.6) is 0 Å². The second-order valence-corrected chi connectivity index (χ2v) is 4.46. The monoisotopic (exact) mass is 296 g/mol. The summed E-state index contributed by atoms with van der Waals surface area (Å²) in [6, 6.07) is 1.92. The summed E-state index contributed by atoms with van der Waals surface area (Å²) in [5.41, 5.74) is 0.845. The molecule has 1 N–H and O–H groups in total. The van der Waals surface area contributed by atoms with E-state index in [9.17, 15) is 0 Å².